The molecule has 2 N–H and O–H groups in total. The molecule has 3 heteroatoms. The third-order valence-electron chi connectivity index (χ3n) is 3.33. The number of furan rings is 1. The Morgan fingerprint density at radius 2 is 1.89 bits per heavy atom. The van der Waals surface area contributed by atoms with E-state index in [9.17, 15) is 0 Å². The van der Waals surface area contributed by atoms with Crippen LogP contribution in [0.15, 0.2) is 39.6 Å². The van der Waals surface area contributed by atoms with Gasteiger partial charge in [0, 0.05) is 5.56 Å². The summed E-state index contributed by atoms with van der Waals surface area (Å²) in [6.45, 7) is 4.36. The number of rotatable bonds is 4. The Bertz CT molecular complexity index is 533. The SMILES string of the molecule is CCc1ccc(C(N)c2ccoc2Br)cc1CC. The first-order chi connectivity index (χ1) is 8.67. The first kappa shape index (κ1) is 13.4. The van der Waals surface area contributed by atoms with Crippen molar-refractivity contribution < 1.29 is 4.42 Å². The van der Waals surface area contributed by atoms with Crippen LogP contribution in [-0.4, -0.2) is 0 Å². The van der Waals surface area contributed by atoms with Crippen LogP contribution in [0.4, 0.5) is 0 Å². The summed E-state index contributed by atoms with van der Waals surface area (Å²) in [6.07, 6.45) is 3.75. The third-order valence-corrected chi connectivity index (χ3v) is 3.98. The second-order valence-corrected chi connectivity index (χ2v) is 5.08. The van der Waals surface area contributed by atoms with E-state index >= 15 is 0 Å². The quantitative estimate of drug-likeness (QED) is 0.918. The highest BCUT2D eigenvalue weighted by molar-refractivity contribution is 9.10. The van der Waals surface area contributed by atoms with Crippen LogP contribution >= 0.6 is 15.9 Å². The van der Waals surface area contributed by atoms with E-state index in [4.69, 9.17) is 10.2 Å². The summed E-state index contributed by atoms with van der Waals surface area (Å²) in [5.74, 6) is 0. The van der Waals surface area contributed by atoms with Gasteiger partial charge in [-0.3, -0.25) is 0 Å². The average Bonchev–Trinajstić information content (AvgIpc) is 2.83. The summed E-state index contributed by atoms with van der Waals surface area (Å²) in [5.41, 5.74) is 11.2. The van der Waals surface area contributed by atoms with Gasteiger partial charge in [-0.15, -0.1) is 0 Å². The number of hydrogen-bond acceptors (Lipinski definition) is 2. The Hall–Kier alpha value is -1.06. The lowest BCUT2D eigenvalue weighted by atomic mass is 9.95. The molecule has 0 bridgehead atoms. The van der Waals surface area contributed by atoms with Crippen molar-refractivity contribution in [1.82, 2.24) is 0 Å². The summed E-state index contributed by atoms with van der Waals surface area (Å²) in [6, 6.07) is 8.27. The first-order valence-electron chi connectivity index (χ1n) is 6.27. The zero-order chi connectivity index (χ0) is 13.1. The fourth-order valence-corrected chi connectivity index (χ4v) is 2.71. The van der Waals surface area contributed by atoms with E-state index in [1.54, 1.807) is 6.26 Å². The molecule has 0 radical (unpaired) electrons. The molecule has 18 heavy (non-hydrogen) atoms. The summed E-state index contributed by atoms with van der Waals surface area (Å²) in [5, 5.41) is 0. The van der Waals surface area contributed by atoms with Crippen LogP contribution in [0.25, 0.3) is 0 Å². The van der Waals surface area contributed by atoms with E-state index in [2.05, 4.69) is 48.0 Å². The van der Waals surface area contributed by atoms with E-state index in [1.807, 2.05) is 6.07 Å². The van der Waals surface area contributed by atoms with Crippen molar-refractivity contribution in [3.8, 4) is 0 Å². The maximum Gasteiger partial charge on any atom is 0.174 e. The summed E-state index contributed by atoms with van der Waals surface area (Å²) < 4.78 is 5.96. The molecular formula is C15H18BrNO. The highest BCUT2D eigenvalue weighted by Gasteiger charge is 2.15. The molecule has 0 aliphatic carbocycles. The fraction of sp³-hybridized carbons (Fsp3) is 0.333. The van der Waals surface area contributed by atoms with E-state index in [0.29, 0.717) is 4.67 Å². The molecule has 0 saturated carbocycles. The minimum absolute atomic E-state index is 0.144. The van der Waals surface area contributed by atoms with Gasteiger partial charge in [-0.1, -0.05) is 32.0 Å². The van der Waals surface area contributed by atoms with Gasteiger partial charge in [0.1, 0.15) is 0 Å². The van der Waals surface area contributed by atoms with Crippen molar-refractivity contribution in [3.63, 3.8) is 0 Å². The molecular weight excluding hydrogens is 290 g/mol. The second kappa shape index (κ2) is 5.72. The Labute approximate surface area is 116 Å². The number of halogens is 1. The van der Waals surface area contributed by atoms with Crippen molar-refractivity contribution >= 4 is 15.9 Å². The van der Waals surface area contributed by atoms with Crippen LogP contribution in [0.5, 0.6) is 0 Å². The molecule has 0 fully saturated rings. The van der Waals surface area contributed by atoms with Crippen LogP contribution in [-0.2, 0) is 12.8 Å². The van der Waals surface area contributed by atoms with Crippen LogP contribution in [0.2, 0.25) is 0 Å². The van der Waals surface area contributed by atoms with E-state index in [0.717, 1.165) is 24.0 Å². The van der Waals surface area contributed by atoms with Gasteiger partial charge in [0.2, 0.25) is 0 Å². The highest BCUT2D eigenvalue weighted by atomic mass is 79.9. The molecule has 0 aliphatic heterocycles. The van der Waals surface area contributed by atoms with Crippen molar-refractivity contribution in [1.29, 1.82) is 0 Å². The van der Waals surface area contributed by atoms with Gasteiger partial charge in [0.25, 0.3) is 0 Å². The van der Waals surface area contributed by atoms with Crippen molar-refractivity contribution in [2.24, 2.45) is 5.73 Å². The molecule has 2 rings (SSSR count). The zero-order valence-electron chi connectivity index (χ0n) is 10.7. The molecule has 1 aromatic carbocycles. The van der Waals surface area contributed by atoms with Gasteiger partial charge in [-0.25, -0.2) is 0 Å². The molecule has 0 aliphatic rings. The number of hydrogen-bond donors (Lipinski definition) is 1. The Kier molecular flexibility index (Phi) is 4.25. The monoisotopic (exact) mass is 307 g/mol. The van der Waals surface area contributed by atoms with Gasteiger partial charge >= 0.3 is 0 Å². The maximum atomic E-state index is 6.29. The van der Waals surface area contributed by atoms with Crippen LogP contribution in [0.3, 0.4) is 0 Å². The predicted molar refractivity (Wildman–Crippen MR) is 77.6 cm³/mol. The van der Waals surface area contributed by atoms with Gasteiger partial charge in [0.05, 0.1) is 12.3 Å². The smallest absolute Gasteiger partial charge is 0.174 e. The van der Waals surface area contributed by atoms with Crippen molar-refractivity contribution in [2.45, 2.75) is 32.7 Å². The van der Waals surface area contributed by atoms with Crippen molar-refractivity contribution in [2.75, 3.05) is 0 Å². The number of aryl methyl sites for hydroxylation is 2. The first-order valence-corrected chi connectivity index (χ1v) is 7.06. The molecule has 96 valence electrons. The predicted octanol–water partition coefficient (Wildman–Crippen LogP) is 4.22. The minimum Gasteiger partial charge on any atom is -0.457 e. The summed E-state index contributed by atoms with van der Waals surface area (Å²) in [7, 11) is 0. The fourth-order valence-electron chi connectivity index (χ4n) is 2.22. The molecule has 2 aromatic rings. The molecule has 0 saturated heterocycles. The molecule has 1 aromatic heterocycles. The zero-order valence-corrected chi connectivity index (χ0v) is 12.3. The maximum absolute atomic E-state index is 6.29. The lowest BCUT2D eigenvalue weighted by Crippen LogP contribution is -2.12. The standard InChI is InChI=1S/C15H18BrNO/c1-3-10-5-6-12(9-11(10)4-2)14(17)13-7-8-18-15(13)16/h5-9,14H,3-4,17H2,1-2H3. The van der Waals surface area contributed by atoms with Crippen LogP contribution in [0, 0.1) is 0 Å². The average molecular weight is 308 g/mol. The molecule has 1 unspecified atom stereocenters. The lowest BCUT2D eigenvalue weighted by Gasteiger charge is -2.14. The number of nitrogens with two attached hydrogens (primary N) is 1. The van der Waals surface area contributed by atoms with Gasteiger partial charge in [-0.2, -0.15) is 0 Å². The largest absolute Gasteiger partial charge is 0.457 e. The molecule has 0 spiro atoms. The van der Waals surface area contributed by atoms with Gasteiger partial charge in [-0.05, 0) is 51.5 Å². The third kappa shape index (κ3) is 2.52. The van der Waals surface area contributed by atoms with E-state index < -0.39 is 0 Å². The molecule has 1 atom stereocenters. The normalized spacial score (nSPS) is 12.7. The van der Waals surface area contributed by atoms with Gasteiger partial charge < -0.3 is 10.2 Å². The second-order valence-electron chi connectivity index (χ2n) is 4.36. The summed E-state index contributed by atoms with van der Waals surface area (Å²) >= 11 is 3.38. The van der Waals surface area contributed by atoms with Crippen LogP contribution in [0.1, 0.15) is 42.1 Å². The lowest BCUT2D eigenvalue weighted by molar-refractivity contribution is 0.534. The van der Waals surface area contributed by atoms with E-state index in [-0.39, 0.29) is 6.04 Å². The minimum atomic E-state index is -0.144. The Morgan fingerprint density at radius 1 is 1.17 bits per heavy atom. The van der Waals surface area contributed by atoms with Crippen LogP contribution < -0.4 is 5.73 Å². The highest BCUT2D eigenvalue weighted by Crippen LogP contribution is 2.29. The van der Waals surface area contributed by atoms with Gasteiger partial charge in [0.15, 0.2) is 4.67 Å². The van der Waals surface area contributed by atoms with Crippen molar-refractivity contribution in [3.05, 3.63) is 57.5 Å². The molecule has 2 nitrogen and oxygen atoms in total. The Morgan fingerprint density at radius 3 is 2.44 bits per heavy atom. The summed E-state index contributed by atoms with van der Waals surface area (Å²) in [4.78, 5) is 0. The topological polar surface area (TPSA) is 39.2 Å². The number of benzene rings is 1. The molecule has 1 heterocycles. The van der Waals surface area contributed by atoms with E-state index in [1.165, 1.54) is 11.1 Å². The molecule has 0 amide bonds. The Balaban J connectivity index is 2.37.